The zero-order valence-corrected chi connectivity index (χ0v) is 15.2. The lowest BCUT2D eigenvalue weighted by atomic mass is 10.2. The summed E-state index contributed by atoms with van der Waals surface area (Å²) in [5, 5.41) is 0. The van der Waals surface area contributed by atoms with Crippen LogP contribution in [0.1, 0.15) is 19.8 Å². The molecule has 25 heavy (non-hydrogen) atoms. The molecule has 3 rings (SSSR count). The van der Waals surface area contributed by atoms with E-state index in [4.69, 9.17) is 0 Å². The fourth-order valence-electron chi connectivity index (χ4n) is 3.47. The third-order valence-corrected chi connectivity index (χ3v) is 6.92. The first kappa shape index (κ1) is 18.3. The van der Waals surface area contributed by atoms with Gasteiger partial charge in [0.15, 0.2) is 0 Å². The maximum atomic E-state index is 13.3. The van der Waals surface area contributed by atoms with Crippen LogP contribution in [0.2, 0.25) is 0 Å². The van der Waals surface area contributed by atoms with Crippen molar-refractivity contribution < 1.29 is 17.6 Å². The number of rotatable bonds is 4. The Morgan fingerprint density at radius 3 is 2.32 bits per heavy atom. The molecule has 1 aromatic rings. The molecule has 0 aliphatic carbocycles. The van der Waals surface area contributed by atoms with Gasteiger partial charge >= 0.3 is 0 Å². The van der Waals surface area contributed by atoms with Gasteiger partial charge in [-0.15, -0.1) is 0 Å². The Labute approximate surface area is 148 Å². The van der Waals surface area contributed by atoms with Crippen LogP contribution in [-0.4, -0.2) is 73.7 Å². The highest BCUT2D eigenvalue weighted by molar-refractivity contribution is 7.89. The smallest absolute Gasteiger partial charge is 0.243 e. The van der Waals surface area contributed by atoms with Crippen LogP contribution < -0.4 is 0 Å². The largest absolute Gasteiger partial charge is 0.341 e. The highest BCUT2D eigenvalue weighted by Gasteiger charge is 2.33. The van der Waals surface area contributed by atoms with E-state index in [1.807, 2.05) is 16.7 Å². The maximum absolute atomic E-state index is 13.3. The van der Waals surface area contributed by atoms with Crippen molar-refractivity contribution in [1.82, 2.24) is 14.1 Å². The summed E-state index contributed by atoms with van der Waals surface area (Å²) in [5.74, 6) is -0.441. The first-order valence-corrected chi connectivity index (χ1v) is 10.1. The summed E-state index contributed by atoms with van der Waals surface area (Å²) >= 11 is 0. The summed E-state index contributed by atoms with van der Waals surface area (Å²) in [6, 6.07) is 4.83. The first-order chi connectivity index (χ1) is 11.9. The number of amides is 1. The van der Waals surface area contributed by atoms with Crippen LogP contribution in [0.4, 0.5) is 4.39 Å². The van der Waals surface area contributed by atoms with Gasteiger partial charge in [0.2, 0.25) is 15.9 Å². The van der Waals surface area contributed by atoms with E-state index in [0.29, 0.717) is 26.2 Å². The van der Waals surface area contributed by atoms with Crippen LogP contribution in [0.3, 0.4) is 0 Å². The van der Waals surface area contributed by atoms with Gasteiger partial charge in [-0.1, -0.05) is 6.07 Å². The molecule has 2 fully saturated rings. The summed E-state index contributed by atoms with van der Waals surface area (Å²) in [6.07, 6.45) is 2.11. The zero-order valence-electron chi connectivity index (χ0n) is 14.4. The van der Waals surface area contributed by atoms with E-state index in [2.05, 4.69) is 0 Å². The number of halogens is 1. The number of carbonyl (C=O) groups excluding carboxylic acids is 1. The molecular formula is C17H24FN3O3S. The number of benzene rings is 1. The highest BCUT2D eigenvalue weighted by atomic mass is 32.2. The van der Waals surface area contributed by atoms with Crippen molar-refractivity contribution in [2.45, 2.75) is 30.7 Å². The third kappa shape index (κ3) is 3.86. The van der Waals surface area contributed by atoms with Crippen LogP contribution in [0.5, 0.6) is 0 Å². The molecule has 2 heterocycles. The fraction of sp³-hybridized carbons (Fsp3) is 0.588. The predicted molar refractivity (Wildman–Crippen MR) is 92.0 cm³/mol. The van der Waals surface area contributed by atoms with Crippen molar-refractivity contribution in [2.75, 3.05) is 39.3 Å². The standard InChI is InChI=1S/C17H24FN3O3S/c1-14(17(22)20-7-2-3-8-20)19-9-11-21(12-10-19)25(23,24)16-6-4-5-15(18)13-16/h4-6,13-14H,2-3,7-12H2,1H3/t14-/m0/s1. The molecule has 0 aromatic heterocycles. The topological polar surface area (TPSA) is 60.9 Å². The van der Waals surface area contributed by atoms with E-state index in [1.54, 1.807) is 0 Å². The zero-order chi connectivity index (χ0) is 18.0. The van der Waals surface area contributed by atoms with Crippen LogP contribution >= 0.6 is 0 Å². The molecule has 138 valence electrons. The normalized spacial score (nSPS) is 21.4. The Morgan fingerprint density at radius 2 is 1.72 bits per heavy atom. The van der Waals surface area contributed by atoms with Crippen molar-refractivity contribution in [1.29, 1.82) is 0 Å². The molecular weight excluding hydrogens is 345 g/mol. The Hall–Kier alpha value is -1.51. The Balaban J connectivity index is 1.62. The van der Waals surface area contributed by atoms with E-state index in [0.717, 1.165) is 32.0 Å². The molecule has 1 atom stereocenters. The lowest BCUT2D eigenvalue weighted by molar-refractivity contribution is -0.135. The molecule has 2 saturated heterocycles. The third-order valence-electron chi connectivity index (χ3n) is 5.03. The minimum atomic E-state index is -3.70. The minimum Gasteiger partial charge on any atom is -0.341 e. The summed E-state index contributed by atoms with van der Waals surface area (Å²) in [7, 11) is -3.70. The predicted octanol–water partition coefficient (Wildman–Crippen LogP) is 1.14. The van der Waals surface area contributed by atoms with Crippen molar-refractivity contribution in [3.05, 3.63) is 30.1 Å². The minimum absolute atomic E-state index is 0.0258. The van der Waals surface area contributed by atoms with Gasteiger partial charge in [-0.25, -0.2) is 12.8 Å². The van der Waals surface area contributed by atoms with Crippen molar-refractivity contribution in [3.63, 3.8) is 0 Å². The molecule has 0 bridgehead atoms. The van der Waals surface area contributed by atoms with Crippen LogP contribution in [-0.2, 0) is 14.8 Å². The summed E-state index contributed by atoms with van der Waals surface area (Å²) < 4.78 is 40.0. The molecule has 1 aromatic carbocycles. The van der Waals surface area contributed by atoms with Gasteiger partial charge in [-0.05, 0) is 38.0 Å². The second kappa shape index (κ2) is 7.39. The van der Waals surface area contributed by atoms with Crippen molar-refractivity contribution >= 4 is 15.9 Å². The van der Waals surface area contributed by atoms with Gasteiger partial charge in [0.1, 0.15) is 5.82 Å². The highest BCUT2D eigenvalue weighted by Crippen LogP contribution is 2.20. The molecule has 0 spiro atoms. The second-order valence-electron chi connectivity index (χ2n) is 6.61. The molecule has 6 nitrogen and oxygen atoms in total. The Bertz CT molecular complexity index is 726. The van der Waals surface area contributed by atoms with E-state index >= 15 is 0 Å². The number of sulfonamides is 1. The average molecular weight is 369 g/mol. The lowest BCUT2D eigenvalue weighted by Crippen LogP contribution is -2.55. The van der Waals surface area contributed by atoms with E-state index in [1.165, 1.54) is 22.5 Å². The van der Waals surface area contributed by atoms with Gasteiger partial charge in [0.05, 0.1) is 10.9 Å². The number of likely N-dealkylation sites (tertiary alicyclic amines) is 1. The Kier molecular flexibility index (Phi) is 5.41. The SMILES string of the molecule is C[C@@H](C(=O)N1CCCC1)N1CCN(S(=O)(=O)c2cccc(F)c2)CC1. The Morgan fingerprint density at radius 1 is 1.08 bits per heavy atom. The molecule has 8 heteroatoms. The molecule has 0 radical (unpaired) electrons. The van der Waals surface area contributed by atoms with E-state index in [9.17, 15) is 17.6 Å². The van der Waals surface area contributed by atoms with Crippen molar-refractivity contribution in [3.8, 4) is 0 Å². The van der Waals surface area contributed by atoms with Gasteiger partial charge in [-0.3, -0.25) is 9.69 Å². The number of carbonyl (C=O) groups is 1. The van der Waals surface area contributed by atoms with Gasteiger partial charge in [0.25, 0.3) is 0 Å². The number of nitrogens with zero attached hydrogens (tertiary/aromatic N) is 3. The average Bonchev–Trinajstić information content (AvgIpc) is 3.15. The number of hydrogen-bond donors (Lipinski definition) is 0. The molecule has 0 unspecified atom stereocenters. The fourth-order valence-corrected chi connectivity index (χ4v) is 4.92. The number of hydrogen-bond acceptors (Lipinski definition) is 4. The van der Waals surface area contributed by atoms with Crippen LogP contribution in [0, 0.1) is 5.82 Å². The summed E-state index contributed by atoms with van der Waals surface area (Å²) in [5.41, 5.74) is 0. The summed E-state index contributed by atoms with van der Waals surface area (Å²) in [6.45, 7) is 5.11. The van der Waals surface area contributed by atoms with Gasteiger partial charge in [-0.2, -0.15) is 4.31 Å². The second-order valence-corrected chi connectivity index (χ2v) is 8.54. The lowest BCUT2D eigenvalue weighted by Gasteiger charge is -2.37. The maximum Gasteiger partial charge on any atom is 0.243 e. The van der Waals surface area contributed by atoms with Crippen LogP contribution in [0.25, 0.3) is 0 Å². The first-order valence-electron chi connectivity index (χ1n) is 8.68. The van der Waals surface area contributed by atoms with Crippen molar-refractivity contribution in [2.24, 2.45) is 0 Å². The molecule has 0 saturated carbocycles. The van der Waals surface area contributed by atoms with Gasteiger partial charge in [0, 0.05) is 39.3 Å². The van der Waals surface area contributed by atoms with E-state index in [-0.39, 0.29) is 16.8 Å². The monoisotopic (exact) mass is 369 g/mol. The molecule has 2 aliphatic heterocycles. The van der Waals surface area contributed by atoms with E-state index < -0.39 is 15.8 Å². The molecule has 0 N–H and O–H groups in total. The molecule has 2 aliphatic rings. The summed E-state index contributed by atoms with van der Waals surface area (Å²) in [4.78, 5) is 16.4. The molecule has 1 amide bonds. The quantitative estimate of drug-likeness (QED) is 0.799. The van der Waals surface area contributed by atoms with Crippen LogP contribution in [0.15, 0.2) is 29.2 Å². The number of piperazine rings is 1. The van der Waals surface area contributed by atoms with Gasteiger partial charge < -0.3 is 4.90 Å².